The van der Waals surface area contributed by atoms with Gasteiger partial charge >= 0.3 is 12.0 Å². The van der Waals surface area contributed by atoms with E-state index in [9.17, 15) is 14.7 Å². The van der Waals surface area contributed by atoms with Crippen molar-refractivity contribution in [2.24, 2.45) is 5.92 Å². The fourth-order valence-electron chi connectivity index (χ4n) is 3.76. The van der Waals surface area contributed by atoms with E-state index in [0.29, 0.717) is 18.8 Å². The number of amides is 2. The normalized spacial score (nSPS) is 28.7. The van der Waals surface area contributed by atoms with Crippen molar-refractivity contribution in [2.75, 3.05) is 7.05 Å². The molecule has 2 aliphatic rings. The molecule has 5 heteroatoms. The molecule has 0 radical (unpaired) electrons. The fraction of sp³-hybridized carbons (Fsp3) is 0.875. The average molecular weight is 296 g/mol. The maximum atomic E-state index is 12.5. The maximum Gasteiger partial charge on any atom is 0.329 e. The summed E-state index contributed by atoms with van der Waals surface area (Å²) in [5.74, 6) is -0.247. The SMILES string of the molecule is CC1CCCC(N(C)C(=O)NC2(C(=O)O)CCCCC2)C1. The number of hydrogen-bond acceptors (Lipinski definition) is 2. The van der Waals surface area contributed by atoms with Gasteiger partial charge in [-0.3, -0.25) is 0 Å². The molecule has 120 valence electrons. The molecular weight excluding hydrogens is 268 g/mol. The number of carboxylic acid groups (broad SMARTS) is 1. The second-order valence-corrected chi connectivity index (χ2v) is 6.91. The lowest BCUT2D eigenvalue weighted by molar-refractivity contribution is -0.146. The lowest BCUT2D eigenvalue weighted by atomic mass is 9.81. The lowest BCUT2D eigenvalue weighted by Crippen LogP contribution is -2.59. The molecule has 0 aromatic carbocycles. The second-order valence-electron chi connectivity index (χ2n) is 6.91. The number of carbonyl (C=O) groups excluding carboxylic acids is 1. The van der Waals surface area contributed by atoms with Crippen LogP contribution in [0.5, 0.6) is 0 Å². The molecule has 2 fully saturated rings. The van der Waals surface area contributed by atoms with E-state index in [1.165, 1.54) is 6.42 Å². The summed E-state index contributed by atoms with van der Waals surface area (Å²) in [5.41, 5.74) is -1.05. The number of rotatable bonds is 3. The molecule has 0 saturated heterocycles. The number of urea groups is 1. The second kappa shape index (κ2) is 6.67. The van der Waals surface area contributed by atoms with Gasteiger partial charge in [0.1, 0.15) is 5.54 Å². The summed E-state index contributed by atoms with van der Waals surface area (Å²) in [6.07, 6.45) is 8.30. The molecule has 2 unspecified atom stereocenters. The molecule has 2 aliphatic carbocycles. The quantitative estimate of drug-likeness (QED) is 0.841. The number of aliphatic carboxylic acids is 1. The van der Waals surface area contributed by atoms with Crippen molar-refractivity contribution >= 4 is 12.0 Å². The first-order valence-corrected chi connectivity index (χ1v) is 8.23. The fourth-order valence-corrected chi connectivity index (χ4v) is 3.76. The van der Waals surface area contributed by atoms with Crippen LogP contribution in [0.15, 0.2) is 0 Å². The van der Waals surface area contributed by atoms with Gasteiger partial charge in [0.2, 0.25) is 0 Å². The van der Waals surface area contributed by atoms with Crippen LogP contribution in [0.1, 0.15) is 64.7 Å². The van der Waals surface area contributed by atoms with Crippen LogP contribution in [-0.4, -0.2) is 40.6 Å². The van der Waals surface area contributed by atoms with E-state index in [2.05, 4.69) is 12.2 Å². The zero-order valence-corrected chi connectivity index (χ0v) is 13.2. The van der Waals surface area contributed by atoms with Gasteiger partial charge in [0, 0.05) is 13.1 Å². The van der Waals surface area contributed by atoms with Crippen molar-refractivity contribution in [1.29, 1.82) is 0 Å². The van der Waals surface area contributed by atoms with Crippen LogP contribution < -0.4 is 5.32 Å². The van der Waals surface area contributed by atoms with Gasteiger partial charge in [-0.15, -0.1) is 0 Å². The summed E-state index contributed by atoms with van der Waals surface area (Å²) in [6, 6.07) is 0.0154. The van der Waals surface area contributed by atoms with Crippen LogP contribution in [-0.2, 0) is 4.79 Å². The van der Waals surface area contributed by atoms with Crippen molar-refractivity contribution < 1.29 is 14.7 Å². The van der Waals surface area contributed by atoms with Crippen LogP contribution in [0.4, 0.5) is 4.79 Å². The first-order valence-electron chi connectivity index (χ1n) is 8.23. The van der Waals surface area contributed by atoms with Gasteiger partial charge in [-0.25, -0.2) is 9.59 Å². The number of nitrogens with one attached hydrogen (secondary N) is 1. The van der Waals surface area contributed by atoms with Gasteiger partial charge in [0.15, 0.2) is 0 Å². The monoisotopic (exact) mass is 296 g/mol. The number of nitrogens with zero attached hydrogens (tertiary/aromatic N) is 1. The van der Waals surface area contributed by atoms with E-state index in [0.717, 1.165) is 38.5 Å². The van der Waals surface area contributed by atoms with Crippen molar-refractivity contribution in [3.05, 3.63) is 0 Å². The Labute approximate surface area is 127 Å². The molecule has 2 atom stereocenters. The third-order valence-electron chi connectivity index (χ3n) is 5.24. The van der Waals surface area contributed by atoms with Crippen molar-refractivity contribution in [3.8, 4) is 0 Å². The van der Waals surface area contributed by atoms with E-state index < -0.39 is 11.5 Å². The topological polar surface area (TPSA) is 69.6 Å². The highest BCUT2D eigenvalue weighted by Crippen LogP contribution is 2.30. The average Bonchev–Trinajstić information content (AvgIpc) is 2.47. The lowest BCUT2D eigenvalue weighted by Gasteiger charge is -2.39. The van der Waals surface area contributed by atoms with Crippen molar-refractivity contribution in [1.82, 2.24) is 10.2 Å². The predicted molar refractivity (Wildman–Crippen MR) is 81.2 cm³/mol. The summed E-state index contributed by atoms with van der Waals surface area (Å²) in [4.78, 5) is 25.8. The van der Waals surface area contributed by atoms with Crippen molar-refractivity contribution in [3.63, 3.8) is 0 Å². The first kappa shape index (κ1) is 16.1. The Balaban J connectivity index is 1.99. The first-order chi connectivity index (χ1) is 9.94. The molecule has 0 spiro atoms. The zero-order chi connectivity index (χ0) is 15.5. The third kappa shape index (κ3) is 3.69. The molecule has 2 N–H and O–H groups in total. The number of carbonyl (C=O) groups is 2. The van der Waals surface area contributed by atoms with Crippen LogP contribution in [0.3, 0.4) is 0 Å². The summed E-state index contributed by atoms with van der Waals surface area (Å²) in [6.45, 7) is 2.22. The molecule has 2 rings (SSSR count). The molecule has 2 amide bonds. The van der Waals surface area contributed by atoms with Crippen molar-refractivity contribution in [2.45, 2.75) is 76.3 Å². The van der Waals surface area contributed by atoms with Gasteiger partial charge in [-0.1, -0.05) is 39.0 Å². The molecule has 21 heavy (non-hydrogen) atoms. The standard InChI is InChI=1S/C16H28N2O3/c1-12-7-6-8-13(11-12)18(2)15(21)17-16(14(19)20)9-4-3-5-10-16/h12-13H,3-11H2,1-2H3,(H,17,21)(H,19,20). The highest BCUT2D eigenvalue weighted by molar-refractivity contribution is 5.86. The summed E-state index contributed by atoms with van der Waals surface area (Å²) >= 11 is 0. The largest absolute Gasteiger partial charge is 0.480 e. The predicted octanol–water partition coefficient (Wildman–Crippen LogP) is 2.99. The highest BCUT2D eigenvalue weighted by atomic mass is 16.4. The Bertz CT molecular complexity index is 391. The summed E-state index contributed by atoms with van der Waals surface area (Å²) < 4.78 is 0. The Morgan fingerprint density at radius 1 is 1.14 bits per heavy atom. The van der Waals surface area contributed by atoms with Gasteiger partial charge < -0.3 is 15.3 Å². The minimum absolute atomic E-state index is 0.224. The van der Waals surface area contributed by atoms with E-state index in [-0.39, 0.29) is 12.1 Å². The van der Waals surface area contributed by atoms with E-state index >= 15 is 0 Å². The van der Waals surface area contributed by atoms with E-state index in [1.54, 1.807) is 11.9 Å². The van der Waals surface area contributed by atoms with Crippen LogP contribution in [0, 0.1) is 5.92 Å². The van der Waals surface area contributed by atoms with Gasteiger partial charge in [0.25, 0.3) is 0 Å². The Kier molecular flexibility index (Phi) is 5.12. The van der Waals surface area contributed by atoms with Gasteiger partial charge in [0.05, 0.1) is 0 Å². The third-order valence-corrected chi connectivity index (χ3v) is 5.24. The number of hydrogen-bond donors (Lipinski definition) is 2. The van der Waals surface area contributed by atoms with Gasteiger partial charge in [-0.2, -0.15) is 0 Å². The Hall–Kier alpha value is -1.26. The molecule has 0 heterocycles. The molecule has 0 bridgehead atoms. The highest BCUT2D eigenvalue weighted by Gasteiger charge is 2.42. The maximum absolute atomic E-state index is 12.5. The summed E-state index contributed by atoms with van der Waals surface area (Å²) in [5, 5.41) is 12.4. The minimum atomic E-state index is -1.05. The van der Waals surface area contributed by atoms with Crippen LogP contribution in [0.2, 0.25) is 0 Å². The molecular formula is C16H28N2O3. The smallest absolute Gasteiger partial charge is 0.329 e. The van der Waals surface area contributed by atoms with Crippen LogP contribution in [0.25, 0.3) is 0 Å². The molecule has 5 nitrogen and oxygen atoms in total. The molecule has 0 aromatic rings. The number of carboxylic acids is 1. The van der Waals surface area contributed by atoms with Gasteiger partial charge in [-0.05, 0) is 31.6 Å². The Morgan fingerprint density at radius 3 is 2.38 bits per heavy atom. The minimum Gasteiger partial charge on any atom is -0.480 e. The molecule has 0 aromatic heterocycles. The Morgan fingerprint density at radius 2 is 1.81 bits per heavy atom. The molecule has 0 aliphatic heterocycles. The van der Waals surface area contributed by atoms with Crippen LogP contribution >= 0.6 is 0 Å². The summed E-state index contributed by atoms with van der Waals surface area (Å²) in [7, 11) is 1.80. The van der Waals surface area contributed by atoms with E-state index in [4.69, 9.17) is 0 Å². The zero-order valence-electron chi connectivity index (χ0n) is 13.2. The van der Waals surface area contributed by atoms with E-state index in [1.807, 2.05) is 0 Å². The molecule has 2 saturated carbocycles.